The molecule has 1 atom stereocenters. The number of aryl methyl sites for hydroxylation is 1. The van der Waals surface area contributed by atoms with Gasteiger partial charge in [0.1, 0.15) is 5.60 Å². The first-order valence-corrected chi connectivity index (χ1v) is 10.6. The average molecular weight is 370 g/mol. The highest BCUT2D eigenvalue weighted by atomic mass is 32.2. The SMILES string of the molecule is C[C@]1(C(=O)NCc2cc3n(n2)CCCN(S(C)(=O)=O)C3)CCCCO1. The lowest BCUT2D eigenvalue weighted by Crippen LogP contribution is -2.48. The van der Waals surface area contributed by atoms with Gasteiger partial charge in [0.2, 0.25) is 10.0 Å². The maximum absolute atomic E-state index is 12.4. The molecule has 1 saturated heterocycles. The monoisotopic (exact) mass is 370 g/mol. The van der Waals surface area contributed by atoms with Gasteiger partial charge in [-0.3, -0.25) is 9.48 Å². The summed E-state index contributed by atoms with van der Waals surface area (Å²) in [5.41, 5.74) is 0.827. The first-order valence-electron chi connectivity index (χ1n) is 8.71. The number of hydrogen-bond acceptors (Lipinski definition) is 5. The highest BCUT2D eigenvalue weighted by molar-refractivity contribution is 7.88. The van der Waals surface area contributed by atoms with E-state index < -0.39 is 15.6 Å². The minimum absolute atomic E-state index is 0.117. The van der Waals surface area contributed by atoms with Crippen molar-refractivity contribution in [3.63, 3.8) is 0 Å². The van der Waals surface area contributed by atoms with Crippen molar-refractivity contribution in [1.82, 2.24) is 19.4 Å². The van der Waals surface area contributed by atoms with Crippen molar-refractivity contribution in [2.75, 3.05) is 19.4 Å². The third-order valence-corrected chi connectivity index (χ3v) is 6.13. The third kappa shape index (κ3) is 4.21. The number of sulfonamides is 1. The van der Waals surface area contributed by atoms with Crippen molar-refractivity contribution in [3.05, 3.63) is 17.5 Å². The Balaban J connectivity index is 1.64. The Kier molecular flexibility index (Phi) is 5.17. The molecule has 9 heteroatoms. The van der Waals surface area contributed by atoms with Crippen molar-refractivity contribution in [3.8, 4) is 0 Å². The molecular formula is C16H26N4O4S. The fourth-order valence-electron chi connectivity index (χ4n) is 3.33. The summed E-state index contributed by atoms with van der Waals surface area (Å²) in [6.45, 7) is 4.26. The fraction of sp³-hybridized carbons (Fsp3) is 0.750. The van der Waals surface area contributed by atoms with E-state index in [4.69, 9.17) is 4.74 Å². The molecule has 140 valence electrons. The largest absolute Gasteiger partial charge is 0.365 e. The van der Waals surface area contributed by atoms with Crippen LogP contribution in [0, 0.1) is 0 Å². The van der Waals surface area contributed by atoms with Crippen LogP contribution in [0.15, 0.2) is 6.07 Å². The topological polar surface area (TPSA) is 93.5 Å². The molecule has 0 spiro atoms. The molecule has 1 N–H and O–H groups in total. The van der Waals surface area contributed by atoms with E-state index in [0.29, 0.717) is 32.8 Å². The molecule has 1 fully saturated rings. The first-order chi connectivity index (χ1) is 11.8. The minimum atomic E-state index is -3.23. The molecule has 0 aromatic carbocycles. The third-order valence-electron chi connectivity index (χ3n) is 4.88. The fourth-order valence-corrected chi connectivity index (χ4v) is 4.16. The Morgan fingerprint density at radius 2 is 2.16 bits per heavy atom. The average Bonchev–Trinajstić information content (AvgIpc) is 2.82. The van der Waals surface area contributed by atoms with E-state index in [0.717, 1.165) is 37.1 Å². The summed E-state index contributed by atoms with van der Waals surface area (Å²) in [6, 6.07) is 1.87. The molecule has 0 saturated carbocycles. The number of rotatable bonds is 4. The molecule has 0 unspecified atom stereocenters. The second kappa shape index (κ2) is 7.05. The lowest BCUT2D eigenvalue weighted by molar-refractivity contribution is -0.150. The highest BCUT2D eigenvalue weighted by Gasteiger charge is 2.35. The first kappa shape index (κ1) is 18.3. The van der Waals surface area contributed by atoms with Crippen LogP contribution in [0.25, 0.3) is 0 Å². The van der Waals surface area contributed by atoms with E-state index in [1.54, 1.807) is 0 Å². The molecular weight excluding hydrogens is 344 g/mol. The molecule has 1 aromatic heterocycles. The van der Waals surface area contributed by atoms with Crippen molar-refractivity contribution in [2.45, 2.75) is 57.8 Å². The number of carbonyl (C=O) groups is 1. The van der Waals surface area contributed by atoms with E-state index in [-0.39, 0.29) is 5.91 Å². The van der Waals surface area contributed by atoms with Gasteiger partial charge in [-0.15, -0.1) is 0 Å². The lowest BCUT2D eigenvalue weighted by Gasteiger charge is -2.32. The number of nitrogens with zero attached hydrogens (tertiary/aromatic N) is 3. The van der Waals surface area contributed by atoms with Gasteiger partial charge in [0.05, 0.1) is 30.7 Å². The Morgan fingerprint density at radius 3 is 2.84 bits per heavy atom. The van der Waals surface area contributed by atoms with E-state index in [1.807, 2.05) is 17.7 Å². The molecule has 0 aliphatic carbocycles. The number of fused-ring (bicyclic) bond motifs is 1. The van der Waals surface area contributed by atoms with Crippen LogP contribution in [0.1, 0.15) is 44.0 Å². The smallest absolute Gasteiger partial charge is 0.252 e. The summed E-state index contributed by atoms with van der Waals surface area (Å²) in [5.74, 6) is -0.117. The Hall–Kier alpha value is -1.45. The predicted molar refractivity (Wildman–Crippen MR) is 92.2 cm³/mol. The molecule has 25 heavy (non-hydrogen) atoms. The molecule has 0 bridgehead atoms. The normalized spacial score (nSPS) is 25.2. The van der Waals surface area contributed by atoms with Crippen molar-refractivity contribution >= 4 is 15.9 Å². The zero-order valence-electron chi connectivity index (χ0n) is 14.8. The zero-order valence-corrected chi connectivity index (χ0v) is 15.6. The summed E-state index contributed by atoms with van der Waals surface area (Å²) < 4.78 is 32.6. The predicted octanol–water partition coefficient (Wildman–Crippen LogP) is 0.624. The summed E-state index contributed by atoms with van der Waals surface area (Å²) in [7, 11) is -3.23. The van der Waals surface area contributed by atoms with E-state index in [2.05, 4.69) is 10.4 Å². The summed E-state index contributed by atoms with van der Waals surface area (Å²) >= 11 is 0. The number of nitrogens with one attached hydrogen (secondary N) is 1. The molecule has 2 aliphatic heterocycles. The molecule has 0 radical (unpaired) electrons. The van der Waals surface area contributed by atoms with Gasteiger partial charge in [-0.05, 0) is 38.7 Å². The molecule has 3 heterocycles. The van der Waals surface area contributed by atoms with Crippen molar-refractivity contribution in [2.24, 2.45) is 0 Å². The van der Waals surface area contributed by atoms with Gasteiger partial charge in [0.25, 0.3) is 5.91 Å². The standard InChI is InChI=1S/C16H26N4O4S/c1-16(6-3-4-9-24-16)15(21)17-11-13-10-14-12-19(25(2,22)23)7-5-8-20(14)18-13/h10H,3-9,11-12H2,1-2H3,(H,17,21)/t16-/m1/s1. The Labute approximate surface area is 148 Å². The van der Waals surface area contributed by atoms with Gasteiger partial charge in [0, 0.05) is 19.7 Å². The molecule has 1 aromatic rings. The summed E-state index contributed by atoms with van der Waals surface area (Å²) in [5, 5.41) is 7.41. The second-order valence-electron chi connectivity index (χ2n) is 7.02. The van der Waals surface area contributed by atoms with Crippen LogP contribution in [-0.4, -0.2) is 53.4 Å². The molecule has 8 nitrogen and oxygen atoms in total. The van der Waals surface area contributed by atoms with Crippen LogP contribution >= 0.6 is 0 Å². The van der Waals surface area contributed by atoms with Gasteiger partial charge in [0.15, 0.2) is 0 Å². The van der Waals surface area contributed by atoms with Gasteiger partial charge in [-0.1, -0.05) is 0 Å². The number of carbonyl (C=O) groups excluding carboxylic acids is 1. The lowest BCUT2D eigenvalue weighted by atomic mass is 9.95. The van der Waals surface area contributed by atoms with E-state index >= 15 is 0 Å². The van der Waals surface area contributed by atoms with Crippen LogP contribution < -0.4 is 5.32 Å². The van der Waals surface area contributed by atoms with Crippen LogP contribution in [-0.2, 0) is 39.2 Å². The van der Waals surface area contributed by atoms with Gasteiger partial charge in [-0.25, -0.2) is 8.42 Å². The maximum atomic E-state index is 12.4. The van der Waals surface area contributed by atoms with Gasteiger partial charge < -0.3 is 10.1 Å². The van der Waals surface area contributed by atoms with E-state index in [1.165, 1.54) is 10.6 Å². The molecule has 3 rings (SSSR count). The quantitative estimate of drug-likeness (QED) is 0.839. The van der Waals surface area contributed by atoms with Crippen LogP contribution in [0.5, 0.6) is 0 Å². The number of aromatic nitrogens is 2. The van der Waals surface area contributed by atoms with Crippen molar-refractivity contribution in [1.29, 1.82) is 0 Å². The van der Waals surface area contributed by atoms with Crippen LogP contribution in [0.4, 0.5) is 0 Å². The molecule has 1 amide bonds. The number of hydrogen-bond donors (Lipinski definition) is 1. The van der Waals surface area contributed by atoms with Gasteiger partial charge in [-0.2, -0.15) is 9.40 Å². The van der Waals surface area contributed by atoms with E-state index in [9.17, 15) is 13.2 Å². The maximum Gasteiger partial charge on any atom is 0.252 e. The number of amides is 1. The van der Waals surface area contributed by atoms with Gasteiger partial charge >= 0.3 is 0 Å². The van der Waals surface area contributed by atoms with Crippen LogP contribution in [0.2, 0.25) is 0 Å². The zero-order chi connectivity index (χ0) is 18.1. The Bertz CT molecular complexity index is 737. The second-order valence-corrected chi connectivity index (χ2v) is 9.00. The number of ether oxygens (including phenoxy) is 1. The highest BCUT2D eigenvalue weighted by Crippen LogP contribution is 2.24. The Morgan fingerprint density at radius 1 is 1.36 bits per heavy atom. The van der Waals surface area contributed by atoms with Crippen LogP contribution in [0.3, 0.4) is 0 Å². The van der Waals surface area contributed by atoms with Crippen molar-refractivity contribution < 1.29 is 17.9 Å². The summed E-state index contributed by atoms with van der Waals surface area (Å²) in [6.07, 6.45) is 4.66. The molecule has 2 aliphatic rings. The summed E-state index contributed by atoms with van der Waals surface area (Å²) in [4.78, 5) is 12.4. The minimum Gasteiger partial charge on any atom is -0.365 e.